The van der Waals surface area contributed by atoms with Gasteiger partial charge < -0.3 is 15.7 Å². The largest absolute Gasteiger partial charge is 0.391 e. The molecule has 96 valence electrons. The smallest absolute Gasteiger partial charge is 0.179 e. The van der Waals surface area contributed by atoms with Crippen LogP contribution >= 0.6 is 0 Å². The number of hydrogen-bond donors (Lipinski definition) is 2. The van der Waals surface area contributed by atoms with Crippen molar-refractivity contribution < 1.29 is 5.11 Å². The summed E-state index contributed by atoms with van der Waals surface area (Å²) in [6, 6.07) is 7.73. The summed E-state index contributed by atoms with van der Waals surface area (Å²) in [5.74, 6) is 0.507. The lowest BCUT2D eigenvalue weighted by molar-refractivity contribution is 0.186. The second-order valence-corrected chi connectivity index (χ2v) is 4.83. The van der Waals surface area contributed by atoms with E-state index >= 15 is 0 Å². The Morgan fingerprint density at radius 3 is 3.05 bits per heavy atom. The van der Waals surface area contributed by atoms with Crippen LogP contribution in [0.4, 0.5) is 5.82 Å². The number of rotatable bonds is 1. The van der Waals surface area contributed by atoms with Crippen LogP contribution < -0.4 is 5.73 Å². The number of nitrogen functional groups attached to an aromatic ring is 1. The zero-order valence-corrected chi connectivity index (χ0v) is 10.3. The van der Waals surface area contributed by atoms with Crippen LogP contribution in [0.1, 0.15) is 18.0 Å². The lowest BCUT2D eigenvalue weighted by Crippen LogP contribution is -2.18. The zero-order valence-electron chi connectivity index (χ0n) is 10.3. The molecule has 0 amide bonds. The third-order valence-electron chi connectivity index (χ3n) is 3.61. The number of pyridine rings is 1. The molecule has 0 bridgehead atoms. The normalized spacial score (nSPS) is 22.6. The average Bonchev–Trinajstić information content (AvgIpc) is 2.80. The van der Waals surface area contributed by atoms with E-state index in [-0.39, 0.29) is 6.04 Å². The number of β-amino-alcohol motifs (C(OH)–C–C–N with tert-alkyl or cyclic N) is 1. The van der Waals surface area contributed by atoms with Crippen molar-refractivity contribution in [1.29, 1.82) is 5.26 Å². The quantitative estimate of drug-likeness (QED) is 0.751. The number of benzene rings is 1. The van der Waals surface area contributed by atoms with Gasteiger partial charge in [-0.25, -0.2) is 4.98 Å². The van der Waals surface area contributed by atoms with Gasteiger partial charge >= 0.3 is 0 Å². The highest BCUT2D eigenvalue weighted by atomic mass is 16.3. The lowest BCUT2D eigenvalue weighted by Gasteiger charge is -2.18. The maximum Gasteiger partial charge on any atom is 0.179 e. The highest BCUT2D eigenvalue weighted by Crippen LogP contribution is 2.33. The first kappa shape index (κ1) is 11.8. The van der Waals surface area contributed by atoms with E-state index in [9.17, 15) is 5.11 Å². The maximum absolute atomic E-state index is 9.70. The first-order chi connectivity index (χ1) is 9.19. The predicted octanol–water partition coefficient (Wildman–Crippen LogP) is 1.41. The van der Waals surface area contributed by atoms with Crippen LogP contribution in [0.15, 0.2) is 30.5 Å². The molecule has 3 rings (SSSR count). The van der Waals surface area contributed by atoms with Crippen LogP contribution in [0.5, 0.6) is 0 Å². The highest BCUT2D eigenvalue weighted by Gasteiger charge is 2.31. The number of nitrogens with zero attached hydrogens (tertiary/aromatic N) is 3. The number of aromatic nitrogens is 1. The summed E-state index contributed by atoms with van der Waals surface area (Å²) in [5, 5.41) is 20.7. The van der Waals surface area contributed by atoms with Crippen LogP contribution in [0.3, 0.4) is 0 Å². The summed E-state index contributed by atoms with van der Waals surface area (Å²) in [6.45, 7) is 0.400. The highest BCUT2D eigenvalue weighted by molar-refractivity contribution is 5.91. The summed E-state index contributed by atoms with van der Waals surface area (Å²) < 4.78 is 0. The van der Waals surface area contributed by atoms with Crippen molar-refractivity contribution in [1.82, 2.24) is 9.88 Å². The Hall–Kier alpha value is -2.32. The molecule has 0 unspecified atom stereocenters. The van der Waals surface area contributed by atoms with Gasteiger partial charge in [-0.15, -0.1) is 0 Å². The van der Waals surface area contributed by atoms with Gasteiger partial charge in [0.2, 0.25) is 0 Å². The fourth-order valence-electron chi connectivity index (χ4n) is 2.67. The minimum Gasteiger partial charge on any atom is -0.391 e. The topological polar surface area (TPSA) is 86.2 Å². The predicted molar refractivity (Wildman–Crippen MR) is 71.8 cm³/mol. The molecule has 1 aromatic heterocycles. The lowest BCUT2D eigenvalue weighted by atomic mass is 10.0. The third-order valence-corrected chi connectivity index (χ3v) is 3.61. The van der Waals surface area contributed by atoms with Crippen LogP contribution in [0.2, 0.25) is 0 Å². The summed E-state index contributed by atoms with van der Waals surface area (Å²) in [7, 11) is 0. The molecule has 5 heteroatoms. The van der Waals surface area contributed by atoms with Crippen LogP contribution in [-0.2, 0) is 0 Å². The molecule has 2 aromatic rings. The third kappa shape index (κ3) is 1.96. The van der Waals surface area contributed by atoms with Gasteiger partial charge in [-0.2, -0.15) is 5.26 Å². The van der Waals surface area contributed by atoms with Crippen molar-refractivity contribution in [3.63, 3.8) is 0 Å². The minimum atomic E-state index is -0.442. The molecule has 5 nitrogen and oxygen atoms in total. The minimum absolute atomic E-state index is 0.0567. The van der Waals surface area contributed by atoms with E-state index in [4.69, 9.17) is 11.0 Å². The first-order valence-electron chi connectivity index (χ1n) is 6.17. The van der Waals surface area contributed by atoms with Crippen molar-refractivity contribution in [2.45, 2.75) is 18.6 Å². The Bertz CT molecular complexity index is 664. The van der Waals surface area contributed by atoms with E-state index in [0.717, 1.165) is 16.3 Å². The molecule has 19 heavy (non-hydrogen) atoms. The fourth-order valence-corrected chi connectivity index (χ4v) is 2.67. The molecule has 2 atom stereocenters. The van der Waals surface area contributed by atoms with Gasteiger partial charge in [-0.1, -0.05) is 12.1 Å². The van der Waals surface area contributed by atoms with E-state index in [1.807, 2.05) is 24.3 Å². The molecule has 0 saturated carbocycles. The molecule has 1 fully saturated rings. The van der Waals surface area contributed by atoms with Gasteiger partial charge in [0.15, 0.2) is 6.19 Å². The second-order valence-electron chi connectivity index (χ2n) is 4.83. The van der Waals surface area contributed by atoms with Gasteiger partial charge in [-0.3, -0.25) is 0 Å². The number of aliphatic hydroxyl groups excluding tert-OH is 1. The molecular formula is C14H14N4O. The van der Waals surface area contributed by atoms with Crippen molar-refractivity contribution in [2.75, 3.05) is 12.3 Å². The summed E-state index contributed by atoms with van der Waals surface area (Å²) in [5.41, 5.74) is 6.85. The average molecular weight is 254 g/mol. The summed E-state index contributed by atoms with van der Waals surface area (Å²) in [6.07, 6.45) is 3.95. The molecule has 2 heterocycles. The van der Waals surface area contributed by atoms with E-state index in [1.54, 1.807) is 11.1 Å². The molecule has 1 saturated heterocycles. The number of nitrogens with two attached hydrogens (primary N) is 1. The van der Waals surface area contributed by atoms with Gasteiger partial charge in [-0.05, 0) is 23.1 Å². The standard InChI is InChI=1S/C14H14N4O/c15-8-18-7-11(19)6-13(18)10-1-2-12-9(5-10)3-4-17-14(12)16/h1-5,11,13,19H,6-7H2,(H2,16,17)/t11-,13-/m0/s1. The maximum atomic E-state index is 9.70. The number of hydrogen-bond acceptors (Lipinski definition) is 5. The Labute approximate surface area is 110 Å². The number of likely N-dealkylation sites (tertiary alicyclic amines) is 1. The molecule has 0 radical (unpaired) electrons. The molecule has 0 spiro atoms. The number of nitriles is 1. The van der Waals surface area contributed by atoms with Crippen LogP contribution in [0, 0.1) is 11.5 Å². The monoisotopic (exact) mass is 254 g/mol. The molecule has 1 aliphatic heterocycles. The number of fused-ring (bicyclic) bond motifs is 1. The number of aliphatic hydroxyl groups is 1. The summed E-state index contributed by atoms with van der Waals surface area (Å²) in [4.78, 5) is 5.67. The number of anilines is 1. The van der Waals surface area contributed by atoms with E-state index < -0.39 is 6.10 Å². The molecule has 0 aliphatic carbocycles. The molecule has 3 N–H and O–H groups in total. The second kappa shape index (κ2) is 4.41. The van der Waals surface area contributed by atoms with Crippen molar-refractivity contribution in [2.24, 2.45) is 0 Å². The van der Waals surface area contributed by atoms with E-state index in [0.29, 0.717) is 18.8 Å². The Kier molecular flexibility index (Phi) is 2.73. The van der Waals surface area contributed by atoms with Crippen molar-refractivity contribution >= 4 is 16.6 Å². The van der Waals surface area contributed by atoms with E-state index in [2.05, 4.69) is 11.2 Å². The summed E-state index contributed by atoms with van der Waals surface area (Å²) >= 11 is 0. The first-order valence-corrected chi connectivity index (χ1v) is 6.17. The van der Waals surface area contributed by atoms with Gasteiger partial charge in [0.1, 0.15) is 5.82 Å². The Morgan fingerprint density at radius 1 is 1.42 bits per heavy atom. The Morgan fingerprint density at radius 2 is 2.26 bits per heavy atom. The SMILES string of the molecule is N#CN1C[C@@H](O)C[C@H]1c1ccc2c(N)nccc2c1. The van der Waals surface area contributed by atoms with Crippen molar-refractivity contribution in [3.05, 3.63) is 36.0 Å². The van der Waals surface area contributed by atoms with Gasteiger partial charge in [0.05, 0.1) is 18.7 Å². The fraction of sp³-hybridized carbons (Fsp3) is 0.286. The Balaban J connectivity index is 2.04. The van der Waals surface area contributed by atoms with Crippen LogP contribution in [-0.4, -0.2) is 27.6 Å². The van der Waals surface area contributed by atoms with Gasteiger partial charge in [0, 0.05) is 18.0 Å². The van der Waals surface area contributed by atoms with Crippen molar-refractivity contribution in [3.8, 4) is 6.19 Å². The van der Waals surface area contributed by atoms with Gasteiger partial charge in [0.25, 0.3) is 0 Å². The zero-order chi connectivity index (χ0) is 13.4. The molecule has 1 aliphatic rings. The van der Waals surface area contributed by atoms with Crippen LogP contribution in [0.25, 0.3) is 10.8 Å². The van der Waals surface area contributed by atoms with E-state index in [1.165, 1.54) is 0 Å². The molecule has 1 aromatic carbocycles. The molecular weight excluding hydrogens is 240 g/mol.